The number of nitrogens with zero attached hydrogens (tertiary/aromatic N) is 2. The van der Waals surface area contributed by atoms with E-state index in [9.17, 15) is 14.0 Å². The van der Waals surface area contributed by atoms with Crippen LogP contribution in [0, 0.1) is 5.82 Å². The third kappa shape index (κ3) is 5.18. The molecule has 1 aliphatic heterocycles. The van der Waals surface area contributed by atoms with Crippen molar-refractivity contribution in [3.05, 3.63) is 95.9 Å². The molecule has 1 aliphatic rings. The lowest BCUT2D eigenvalue weighted by atomic mass is 10.1. The number of rotatable bonds is 6. The predicted octanol–water partition coefficient (Wildman–Crippen LogP) is 5.34. The van der Waals surface area contributed by atoms with Gasteiger partial charge in [-0.25, -0.2) is 9.38 Å². The first kappa shape index (κ1) is 23.3. The summed E-state index contributed by atoms with van der Waals surface area (Å²) in [5, 5.41) is 2.63. The molecule has 34 heavy (non-hydrogen) atoms. The summed E-state index contributed by atoms with van der Waals surface area (Å²) in [6, 6.07) is 22.2. The molecule has 3 aromatic carbocycles. The third-order valence-electron chi connectivity index (χ3n) is 5.05. The summed E-state index contributed by atoms with van der Waals surface area (Å²) in [5.74, 6) is -0.394. The van der Waals surface area contributed by atoms with Crippen LogP contribution < -0.4 is 15.0 Å². The SMILES string of the molecule is COc1ccc(NC(=O)C(C)SC2=N/C(=C/c3ccccc3F)C(=O)N2c2ccccc2)cc1. The zero-order valence-corrected chi connectivity index (χ0v) is 19.4. The number of hydrogen-bond donors (Lipinski definition) is 1. The molecule has 8 heteroatoms. The van der Waals surface area contributed by atoms with Crippen LogP contribution in [0.5, 0.6) is 5.75 Å². The Labute approximate surface area is 201 Å². The van der Waals surface area contributed by atoms with Crippen LogP contribution in [0.2, 0.25) is 0 Å². The molecule has 0 fully saturated rings. The van der Waals surface area contributed by atoms with Gasteiger partial charge in [-0.15, -0.1) is 0 Å². The molecule has 3 aromatic rings. The molecule has 2 amide bonds. The minimum atomic E-state index is -0.562. The quantitative estimate of drug-likeness (QED) is 0.489. The molecule has 0 bridgehead atoms. The highest BCUT2D eigenvalue weighted by Crippen LogP contribution is 2.31. The zero-order valence-electron chi connectivity index (χ0n) is 18.6. The Balaban J connectivity index is 1.58. The molecule has 1 heterocycles. The highest BCUT2D eigenvalue weighted by molar-refractivity contribution is 8.15. The molecule has 0 aliphatic carbocycles. The number of anilines is 2. The fourth-order valence-electron chi connectivity index (χ4n) is 3.25. The van der Waals surface area contributed by atoms with Gasteiger partial charge >= 0.3 is 0 Å². The molecular formula is C26H22FN3O3S. The molecule has 6 nitrogen and oxygen atoms in total. The number of amidine groups is 1. The lowest BCUT2D eigenvalue weighted by molar-refractivity contribution is -0.115. The molecule has 1 unspecified atom stereocenters. The smallest absolute Gasteiger partial charge is 0.283 e. The Hall–Kier alpha value is -3.91. The Kier molecular flexibility index (Phi) is 7.08. The summed E-state index contributed by atoms with van der Waals surface area (Å²) in [5.41, 5.74) is 1.60. The summed E-state index contributed by atoms with van der Waals surface area (Å²) in [7, 11) is 1.57. The highest BCUT2D eigenvalue weighted by atomic mass is 32.2. The van der Waals surface area contributed by atoms with E-state index < -0.39 is 11.1 Å². The number of carbonyl (C=O) groups is 2. The second-order valence-corrected chi connectivity index (χ2v) is 8.71. The fraction of sp³-hybridized carbons (Fsp3) is 0.115. The van der Waals surface area contributed by atoms with Gasteiger partial charge in [0.2, 0.25) is 5.91 Å². The van der Waals surface area contributed by atoms with Crippen molar-refractivity contribution in [3.63, 3.8) is 0 Å². The van der Waals surface area contributed by atoms with Crippen molar-refractivity contribution < 1.29 is 18.7 Å². The molecule has 0 saturated heterocycles. The number of nitrogens with one attached hydrogen (secondary N) is 1. The number of hydrogen-bond acceptors (Lipinski definition) is 5. The molecule has 172 valence electrons. The number of benzene rings is 3. The number of methoxy groups -OCH3 is 1. The van der Waals surface area contributed by atoms with Crippen LogP contribution in [0.15, 0.2) is 89.6 Å². The number of aliphatic imine (C=N–C) groups is 1. The maximum Gasteiger partial charge on any atom is 0.283 e. The van der Waals surface area contributed by atoms with Crippen LogP contribution in [-0.2, 0) is 9.59 Å². The minimum absolute atomic E-state index is 0.0965. The van der Waals surface area contributed by atoms with E-state index >= 15 is 0 Å². The topological polar surface area (TPSA) is 71.0 Å². The molecule has 0 saturated carbocycles. The first-order chi connectivity index (χ1) is 16.5. The molecule has 4 rings (SSSR count). The lowest BCUT2D eigenvalue weighted by Crippen LogP contribution is -2.33. The number of halogens is 1. The average Bonchev–Trinajstić information content (AvgIpc) is 3.15. The van der Waals surface area contributed by atoms with E-state index in [-0.39, 0.29) is 23.1 Å². The Morgan fingerprint density at radius 3 is 2.41 bits per heavy atom. The summed E-state index contributed by atoms with van der Waals surface area (Å²) in [6.45, 7) is 1.73. The second kappa shape index (κ2) is 10.4. The van der Waals surface area contributed by atoms with Crippen molar-refractivity contribution in [2.45, 2.75) is 12.2 Å². The Morgan fingerprint density at radius 1 is 1.06 bits per heavy atom. The number of thioether (sulfide) groups is 1. The van der Waals surface area contributed by atoms with Gasteiger partial charge in [0, 0.05) is 11.3 Å². The van der Waals surface area contributed by atoms with Gasteiger partial charge in [-0.3, -0.25) is 14.5 Å². The summed E-state index contributed by atoms with van der Waals surface area (Å²) in [6.07, 6.45) is 1.42. The van der Waals surface area contributed by atoms with Gasteiger partial charge in [0.1, 0.15) is 17.3 Å². The van der Waals surface area contributed by atoms with Gasteiger partial charge in [0.05, 0.1) is 18.0 Å². The maximum absolute atomic E-state index is 14.2. The molecule has 1 atom stereocenters. The first-order valence-electron chi connectivity index (χ1n) is 10.5. The van der Waals surface area contributed by atoms with E-state index in [1.165, 1.54) is 17.0 Å². The van der Waals surface area contributed by atoms with Crippen molar-refractivity contribution in [3.8, 4) is 5.75 Å². The van der Waals surface area contributed by atoms with E-state index in [0.29, 0.717) is 22.3 Å². The molecule has 0 radical (unpaired) electrons. The van der Waals surface area contributed by atoms with Gasteiger partial charge < -0.3 is 10.1 Å². The second-order valence-electron chi connectivity index (χ2n) is 7.40. The largest absolute Gasteiger partial charge is 0.497 e. The predicted molar refractivity (Wildman–Crippen MR) is 134 cm³/mol. The first-order valence-corrected chi connectivity index (χ1v) is 11.4. The van der Waals surface area contributed by atoms with Crippen molar-refractivity contribution >= 4 is 46.2 Å². The summed E-state index contributed by atoms with van der Waals surface area (Å²) in [4.78, 5) is 31.9. The van der Waals surface area contributed by atoms with Crippen LogP contribution in [0.4, 0.5) is 15.8 Å². The zero-order chi connectivity index (χ0) is 24.1. The fourth-order valence-corrected chi connectivity index (χ4v) is 4.18. The van der Waals surface area contributed by atoms with Crippen molar-refractivity contribution in [1.82, 2.24) is 0 Å². The van der Waals surface area contributed by atoms with Gasteiger partial charge in [0.25, 0.3) is 5.91 Å². The number of para-hydroxylation sites is 1. The van der Waals surface area contributed by atoms with E-state index in [4.69, 9.17) is 4.74 Å². The van der Waals surface area contributed by atoms with Crippen LogP contribution >= 0.6 is 11.8 Å². The normalized spacial score (nSPS) is 15.3. The van der Waals surface area contributed by atoms with E-state index in [1.54, 1.807) is 68.6 Å². The van der Waals surface area contributed by atoms with E-state index in [2.05, 4.69) is 10.3 Å². The van der Waals surface area contributed by atoms with Gasteiger partial charge in [-0.05, 0) is 55.5 Å². The van der Waals surface area contributed by atoms with E-state index in [1.807, 2.05) is 18.2 Å². The molecular weight excluding hydrogens is 453 g/mol. The summed E-state index contributed by atoms with van der Waals surface area (Å²) < 4.78 is 19.3. The van der Waals surface area contributed by atoms with Crippen molar-refractivity contribution in [2.24, 2.45) is 4.99 Å². The van der Waals surface area contributed by atoms with Crippen molar-refractivity contribution in [1.29, 1.82) is 0 Å². The highest BCUT2D eigenvalue weighted by Gasteiger charge is 2.34. The molecule has 0 spiro atoms. The van der Waals surface area contributed by atoms with Crippen molar-refractivity contribution in [2.75, 3.05) is 17.3 Å². The summed E-state index contributed by atoms with van der Waals surface area (Å²) >= 11 is 1.15. The number of ether oxygens (including phenoxy) is 1. The lowest BCUT2D eigenvalue weighted by Gasteiger charge is -2.20. The van der Waals surface area contributed by atoms with Crippen LogP contribution in [0.3, 0.4) is 0 Å². The van der Waals surface area contributed by atoms with E-state index in [0.717, 1.165) is 11.8 Å². The molecule has 1 N–H and O–H groups in total. The van der Waals surface area contributed by atoms with Gasteiger partial charge in [0.15, 0.2) is 5.17 Å². The monoisotopic (exact) mass is 475 g/mol. The third-order valence-corrected chi connectivity index (χ3v) is 6.10. The maximum atomic E-state index is 14.2. The average molecular weight is 476 g/mol. The molecule has 0 aromatic heterocycles. The number of carbonyl (C=O) groups excluding carboxylic acids is 2. The van der Waals surface area contributed by atoms with Crippen LogP contribution in [-0.4, -0.2) is 29.3 Å². The minimum Gasteiger partial charge on any atom is -0.497 e. The van der Waals surface area contributed by atoms with Crippen LogP contribution in [0.25, 0.3) is 6.08 Å². The number of amides is 2. The standard InChI is InChI=1S/C26H22FN3O3S/c1-17(24(31)28-19-12-14-21(33-2)15-13-19)34-26-29-23(16-18-8-6-7-11-22(18)27)25(32)30(26)20-9-4-3-5-10-20/h3-17H,1-2H3,(H,28,31)/b23-16+. The van der Waals surface area contributed by atoms with Gasteiger partial charge in [-0.1, -0.05) is 48.2 Å². The Bertz CT molecular complexity index is 1260. The Morgan fingerprint density at radius 2 is 1.74 bits per heavy atom. The van der Waals surface area contributed by atoms with Crippen LogP contribution in [0.1, 0.15) is 12.5 Å². The van der Waals surface area contributed by atoms with Gasteiger partial charge in [-0.2, -0.15) is 0 Å².